The van der Waals surface area contributed by atoms with Crippen molar-refractivity contribution in [2.45, 2.75) is 17.8 Å². The molecule has 1 aromatic heterocycles. The molecule has 10 nitrogen and oxygen atoms in total. The lowest BCUT2D eigenvalue weighted by Crippen LogP contribution is -2.48. The van der Waals surface area contributed by atoms with Crippen LogP contribution in [-0.4, -0.2) is 66.7 Å². The quantitative estimate of drug-likeness (QED) is 0.512. The van der Waals surface area contributed by atoms with Gasteiger partial charge in [0.1, 0.15) is 0 Å². The summed E-state index contributed by atoms with van der Waals surface area (Å²) in [5, 5.41) is 10.5. The van der Waals surface area contributed by atoms with Gasteiger partial charge in [-0.15, -0.1) is 10.2 Å². The summed E-state index contributed by atoms with van der Waals surface area (Å²) < 4.78 is 38.2. The van der Waals surface area contributed by atoms with Crippen molar-refractivity contribution in [3.8, 4) is 11.5 Å². The number of hydrogen-bond donors (Lipinski definition) is 1. The van der Waals surface area contributed by atoms with Crippen molar-refractivity contribution in [2.24, 2.45) is 0 Å². The second-order valence-electron chi connectivity index (χ2n) is 8.01. The van der Waals surface area contributed by atoms with Crippen LogP contribution in [0.3, 0.4) is 0 Å². The summed E-state index contributed by atoms with van der Waals surface area (Å²) in [5.74, 6) is 1.13. The maximum absolute atomic E-state index is 13.1. The molecule has 5 rings (SSSR count). The van der Waals surface area contributed by atoms with Crippen molar-refractivity contribution >= 4 is 32.4 Å². The molecule has 3 aromatic rings. The lowest BCUT2D eigenvalue weighted by Gasteiger charge is -2.33. The minimum absolute atomic E-state index is 0.128. The molecule has 12 heteroatoms. The zero-order valence-electron chi connectivity index (χ0n) is 18.4. The number of anilines is 1. The van der Waals surface area contributed by atoms with Gasteiger partial charge in [-0.1, -0.05) is 35.6 Å². The predicted octanol–water partition coefficient (Wildman–Crippen LogP) is 2.33. The summed E-state index contributed by atoms with van der Waals surface area (Å²) >= 11 is 0.854. The van der Waals surface area contributed by atoms with E-state index in [1.807, 2.05) is 37.3 Å². The van der Waals surface area contributed by atoms with Crippen molar-refractivity contribution in [1.29, 1.82) is 0 Å². The third-order valence-electron chi connectivity index (χ3n) is 5.75. The highest BCUT2D eigenvalue weighted by atomic mass is 32.2. The molecule has 2 aliphatic rings. The molecule has 178 valence electrons. The lowest BCUT2D eigenvalue weighted by molar-refractivity contribution is 0.102. The number of carbonyl (C=O) groups excluding carboxylic acids is 1. The van der Waals surface area contributed by atoms with E-state index < -0.39 is 10.0 Å². The first kappa shape index (κ1) is 22.7. The number of rotatable bonds is 6. The molecule has 0 unspecified atom stereocenters. The monoisotopic (exact) mass is 501 g/mol. The number of amides is 1. The summed E-state index contributed by atoms with van der Waals surface area (Å²) in [7, 11) is -3.79. The first-order valence-corrected chi connectivity index (χ1v) is 13.0. The largest absolute Gasteiger partial charge is 0.454 e. The van der Waals surface area contributed by atoms with E-state index in [1.165, 1.54) is 4.31 Å². The van der Waals surface area contributed by atoms with Gasteiger partial charge in [-0.05, 0) is 36.2 Å². The Hall–Kier alpha value is -3.06. The Kier molecular flexibility index (Phi) is 6.21. The number of nitrogens with zero attached hydrogens (tertiary/aromatic N) is 4. The Morgan fingerprint density at radius 1 is 1.06 bits per heavy atom. The Morgan fingerprint density at radius 2 is 1.82 bits per heavy atom. The van der Waals surface area contributed by atoms with Crippen LogP contribution in [0.2, 0.25) is 0 Å². The number of carbonyl (C=O) groups is 1. The first-order chi connectivity index (χ1) is 16.4. The fourth-order valence-electron chi connectivity index (χ4n) is 3.89. The van der Waals surface area contributed by atoms with Gasteiger partial charge < -0.3 is 9.47 Å². The summed E-state index contributed by atoms with van der Waals surface area (Å²) in [4.78, 5) is 14.7. The third-order valence-corrected chi connectivity index (χ3v) is 8.83. The Bertz CT molecular complexity index is 1320. The number of sulfonamides is 1. The van der Waals surface area contributed by atoms with Crippen molar-refractivity contribution < 1.29 is 22.7 Å². The van der Waals surface area contributed by atoms with E-state index in [1.54, 1.807) is 12.1 Å². The molecule has 0 atom stereocenters. The van der Waals surface area contributed by atoms with E-state index >= 15 is 0 Å². The van der Waals surface area contributed by atoms with Crippen LogP contribution in [0, 0.1) is 6.92 Å². The molecule has 34 heavy (non-hydrogen) atoms. The summed E-state index contributed by atoms with van der Waals surface area (Å²) in [5.41, 5.74) is 2.40. The highest BCUT2D eigenvalue weighted by Gasteiger charge is 2.32. The van der Waals surface area contributed by atoms with Gasteiger partial charge >= 0.3 is 0 Å². The number of ether oxygens (including phenoxy) is 2. The molecule has 1 N–H and O–H groups in total. The number of aryl methyl sites for hydroxylation is 1. The fourth-order valence-corrected chi connectivity index (χ4v) is 6.35. The molecule has 0 radical (unpaired) electrons. The highest BCUT2D eigenvalue weighted by molar-refractivity contribution is 7.91. The van der Waals surface area contributed by atoms with E-state index in [2.05, 4.69) is 20.4 Å². The first-order valence-electron chi connectivity index (χ1n) is 10.7. The second kappa shape index (κ2) is 9.29. The highest BCUT2D eigenvalue weighted by Crippen LogP contribution is 2.33. The normalized spacial score (nSPS) is 16.5. The zero-order valence-corrected chi connectivity index (χ0v) is 20.1. The number of fused-ring (bicyclic) bond motifs is 1. The van der Waals surface area contributed by atoms with Crippen LogP contribution >= 0.6 is 11.3 Å². The van der Waals surface area contributed by atoms with E-state index in [4.69, 9.17) is 9.47 Å². The standard InChI is InChI=1S/C22H23N5O5S2/c1-15-4-2-3-5-17(15)20(28)23-21-24-25-22(33-21)34(29,30)27-10-8-26(9-11-27)13-16-6-7-18-19(12-16)32-14-31-18/h2-7,12H,8-11,13-14H2,1H3,(H,23,24,28). The number of aromatic nitrogens is 2. The van der Waals surface area contributed by atoms with Crippen molar-refractivity contribution in [2.75, 3.05) is 38.3 Å². The summed E-state index contributed by atoms with van der Waals surface area (Å²) in [6.07, 6.45) is 0. The molecule has 3 heterocycles. The van der Waals surface area contributed by atoms with Crippen LogP contribution in [0.4, 0.5) is 5.13 Å². The maximum Gasteiger partial charge on any atom is 0.272 e. The van der Waals surface area contributed by atoms with Gasteiger partial charge in [-0.25, -0.2) is 8.42 Å². The predicted molar refractivity (Wildman–Crippen MR) is 126 cm³/mol. The third kappa shape index (κ3) is 4.62. The minimum Gasteiger partial charge on any atom is -0.454 e. The van der Waals surface area contributed by atoms with Crippen molar-refractivity contribution in [1.82, 2.24) is 19.4 Å². The number of nitrogens with one attached hydrogen (secondary N) is 1. The number of piperazine rings is 1. The van der Waals surface area contributed by atoms with Crippen LogP contribution in [0.1, 0.15) is 21.5 Å². The van der Waals surface area contributed by atoms with E-state index in [0.29, 0.717) is 38.3 Å². The molecular formula is C22H23N5O5S2. The number of benzene rings is 2. The average Bonchev–Trinajstić information content (AvgIpc) is 3.49. The van der Waals surface area contributed by atoms with Crippen LogP contribution in [0.5, 0.6) is 11.5 Å². The van der Waals surface area contributed by atoms with Gasteiger partial charge in [0.15, 0.2) is 11.5 Å². The van der Waals surface area contributed by atoms with Crippen molar-refractivity contribution in [3.05, 3.63) is 59.2 Å². The molecule has 0 aliphatic carbocycles. The molecule has 0 saturated carbocycles. The summed E-state index contributed by atoms with van der Waals surface area (Å²) in [6.45, 7) is 4.62. The molecule has 1 amide bonds. The van der Waals surface area contributed by atoms with Gasteiger partial charge in [0.05, 0.1) is 0 Å². The molecular weight excluding hydrogens is 478 g/mol. The molecule has 2 aliphatic heterocycles. The van der Waals surface area contributed by atoms with Crippen LogP contribution in [0.25, 0.3) is 0 Å². The maximum atomic E-state index is 13.1. The molecule has 0 spiro atoms. The molecule has 1 fully saturated rings. The van der Waals surface area contributed by atoms with Crippen LogP contribution in [-0.2, 0) is 16.6 Å². The van der Waals surface area contributed by atoms with Gasteiger partial charge in [0, 0.05) is 38.3 Å². The van der Waals surface area contributed by atoms with Gasteiger partial charge in [0.2, 0.25) is 16.3 Å². The Morgan fingerprint density at radius 3 is 2.62 bits per heavy atom. The van der Waals surface area contributed by atoms with E-state index in [-0.39, 0.29) is 22.2 Å². The van der Waals surface area contributed by atoms with Crippen molar-refractivity contribution in [3.63, 3.8) is 0 Å². The van der Waals surface area contributed by atoms with E-state index in [9.17, 15) is 13.2 Å². The molecule has 1 saturated heterocycles. The van der Waals surface area contributed by atoms with Gasteiger partial charge in [-0.3, -0.25) is 15.0 Å². The van der Waals surface area contributed by atoms with Gasteiger partial charge in [-0.2, -0.15) is 4.31 Å². The Labute approximate surface area is 201 Å². The SMILES string of the molecule is Cc1ccccc1C(=O)Nc1nnc(S(=O)(=O)N2CCN(Cc3ccc4c(c3)OCO4)CC2)s1. The fraction of sp³-hybridized carbons (Fsp3) is 0.318. The van der Waals surface area contributed by atoms with Crippen LogP contribution < -0.4 is 14.8 Å². The second-order valence-corrected chi connectivity index (χ2v) is 11.1. The minimum atomic E-state index is -3.79. The Balaban J connectivity index is 1.19. The smallest absolute Gasteiger partial charge is 0.272 e. The zero-order chi connectivity index (χ0) is 23.7. The lowest BCUT2D eigenvalue weighted by atomic mass is 10.1. The molecule has 2 aromatic carbocycles. The van der Waals surface area contributed by atoms with E-state index in [0.717, 1.165) is 34.0 Å². The average molecular weight is 502 g/mol. The number of hydrogen-bond acceptors (Lipinski definition) is 9. The molecule has 0 bridgehead atoms. The van der Waals surface area contributed by atoms with Gasteiger partial charge in [0.25, 0.3) is 15.9 Å². The topological polar surface area (TPSA) is 114 Å². The van der Waals surface area contributed by atoms with Crippen LogP contribution in [0.15, 0.2) is 46.8 Å². The summed E-state index contributed by atoms with van der Waals surface area (Å²) in [6, 6.07) is 13.0.